The molecule has 0 spiro atoms. The van der Waals surface area contributed by atoms with Gasteiger partial charge in [-0.2, -0.15) is 0 Å². The van der Waals surface area contributed by atoms with Crippen LogP contribution in [0.15, 0.2) is 0 Å². The van der Waals surface area contributed by atoms with Gasteiger partial charge in [-0.25, -0.2) is 0 Å². The molecule has 0 aliphatic heterocycles. The van der Waals surface area contributed by atoms with Crippen LogP contribution in [0, 0.1) is 5.92 Å². The largest absolute Gasteiger partial charge is 0.287 e. The smallest absolute Gasteiger partial charge is 0.188 e. The maximum atomic E-state index is 10.4. The number of carbonyl (C=O) groups is 1. The van der Waals surface area contributed by atoms with Crippen LogP contribution >= 0.6 is 12.6 Å². The maximum absolute atomic E-state index is 10.4. The van der Waals surface area contributed by atoms with E-state index >= 15 is 0 Å². The molecule has 1 nitrogen and oxygen atoms in total. The van der Waals surface area contributed by atoms with Crippen LogP contribution < -0.4 is 0 Å². The Morgan fingerprint density at radius 3 is 2.38 bits per heavy atom. The van der Waals surface area contributed by atoms with Gasteiger partial charge in [0.2, 0.25) is 0 Å². The van der Waals surface area contributed by atoms with Gasteiger partial charge in [0, 0.05) is 5.92 Å². The minimum atomic E-state index is 0.00634. The van der Waals surface area contributed by atoms with E-state index < -0.39 is 0 Å². The van der Waals surface area contributed by atoms with Crippen LogP contribution in [0.5, 0.6) is 0 Å². The zero-order valence-corrected chi connectivity index (χ0v) is 6.24. The molecule has 0 aromatic carbocycles. The molecule has 0 amide bonds. The van der Waals surface area contributed by atoms with E-state index in [4.69, 9.17) is 0 Å². The van der Waals surface area contributed by atoms with E-state index in [9.17, 15) is 4.79 Å². The minimum Gasteiger partial charge on any atom is -0.287 e. The lowest BCUT2D eigenvalue weighted by Gasteiger charge is -2.00. The molecule has 0 N–H and O–H groups in total. The van der Waals surface area contributed by atoms with E-state index in [0.29, 0.717) is 0 Å². The van der Waals surface area contributed by atoms with Crippen LogP contribution in [-0.2, 0) is 4.79 Å². The molecule has 0 aromatic heterocycles. The lowest BCUT2D eigenvalue weighted by atomic mass is 10.1. The van der Waals surface area contributed by atoms with Gasteiger partial charge in [-0.05, 0) is 6.42 Å². The lowest BCUT2D eigenvalue weighted by molar-refractivity contribution is -0.113. The van der Waals surface area contributed by atoms with E-state index in [1.165, 1.54) is 0 Å². The van der Waals surface area contributed by atoms with Crippen LogP contribution in [0.3, 0.4) is 0 Å². The second kappa shape index (κ2) is 3.96. The van der Waals surface area contributed by atoms with Gasteiger partial charge in [0.1, 0.15) is 0 Å². The number of thiol groups is 1. The van der Waals surface area contributed by atoms with E-state index in [1.807, 2.05) is 6.92 Å². The molecular weight excluding hydrogens is 120 g/mol. The predicted molar refractivity (Wildman–Crippen MR) is 38.1 cm³/mol. The van der Waals surface area contributed by atoms with Gasteiger partial charge in [0.25, 0.3) is 0 Å². The summed E-state index contributed by atoms with van der Waals surface area (Å²) < 4.78 is 0. The summed E-state index contributed by atoms with van der Waals surface area (Å²) in [6, 6.07) is 0. The van der Waals surface area contributed by atoms with E-state index in [1.54, 1.807) is 0 Å². The summed E-state index contributed by atoms with van der Waals surface area (Å²) in [6.45, 7) is 3.96. The minimum absolute atomic E-state index is 0.00634. The van der Waals surface area contributed by atoms with Gasteiger partial charge in [-0.3, -0.25) is 4.79 Å². The monoisotopic (exact) mass is 132 g/mol. The Kier molecular flexibility index (Phi) is 3.97. The summed E-state index contributed by atoms with van der Waals surface area (Å²) in [6.07, 6.45) is 2.02. The average Bonchev–Trinajstić information content (AvgIpc) is 1.67. The molecule has 0 heterocycles. The van der Waals surface area contributed by atoms with Gasteiger partial charge in [-0.15, -0.1) is 12.6 Å². The summed E-state index contributed by atoms with van der Waals surface area (Å²) >= 11 is 3.69. The molecule has 2 heteroatoms. The molecule has 0 fully saturated rings. The molecule has 1 unspecified atom stereocenters. The topological polar surface area (TPSA) is 17.1 Å². The summed E-state index contributed by atoms with van der Waals surface area (Å²) in [4.78, 5) is 10.4. The van der Waals surface area contributed by atoms with Crippen molar-refractivity contribution in [2.24, 2.45) is 5.92 Å². The summed E-state index contributed by atoms with van der Waals surface area (Å²) in [7, 11) is 0. The van der Waals surface area contributed by atoms with Gasteiger partial charge in [0.05, 0.1) is 0 Å². The number of carbonyl (C=O) groups excluding carboxylic acids is 1. The fraction of sp³-hybridized carbons (Fsp3) is 0.833. The molecule has 0 aliphatic rings. The first-order chi connectivity index (χ1) is 3.68. The Bertz CT molecular complexity index is 80.6. The van der Waals surface area contributed by atoms with Crippen molar-refractivity contribution < 1.29 is 4.79 Å². The van der Waals surface area contributed by atoms with Crippen LogP contribution in [0.4, 0.5) is 0 Å². The summed E-state index contributed by atoms with van der Waals surface area (Å²) in [5.41, 5.74) is 0. The molecule has 0 aliphatic carbocycles. The third kappa shape index (κ3) is 3.08. The number of rotatable bonds is 3. The standard InChI is InChI=1S/C6H12OS/c1-3-4-5(2)6(7)8/h5H,3-4H2,1-2H3,(H,7,8). The summed E-state index contributed by atoms with van der Waals surface area (Å²) in [5.74, 6) is 0.142. The Balaban J connectivity index is 3.32. The van der Waals surface area contributed by atoms with E-state index in [0.717, 1.165) is 12.8 Å². The first-order valence-corrected chi connectivity index (χ1v) is 3.36. The van der Waals surface area contributed by atoms with Crippen molar-refractivity contribution >= 4 is 17.7 Å². The zero-order valence-electron chi connectivity index (χ0n) is 5.35. The quantitative estimate of drug-likeness (QED) is 0.580. The van der Waals surface area contributed by atoms with Crippen molar-refractivity contribution in [3.8, 4) is 0 Å². The fourth-order valence-electron chi connectivity index (χ4n) is 0.556. The van der Waals surface area contributed by atoms with Crippen LogP contribution in [-0.4, -0.2) is 5.12 Å². The van der Waals surface area contributed by atoms with Crippen molar-refractivity contribution in [1.29, 1.82) is 0 Å². The van der Waals surface area contributed by atoms with Crippen molar-refractivity contribution in [1.82, 2.24) is 0 Å². The molecule has 0 saturated carbocycles. The number of hydrogen-bond donors (Lipinski definition) is 1. The second-order valence-electron chi connectivity index (χ2n) is 2.03. The molecule has 0 rings (SSSR count). The molecule has 8 heavy (non-hydrogen) atoms. The highest BCUT2D eigenvalue weighted by atomic mass is 32.1. The van der Waals surface area contributed by atoms with E-state index in [-0.39, 0.29) is 11.0 Å². The van der Waals surface area contributed by atoms with Crippen molar-refractivity contribution in [3.63, 3.8) is 0 Å². The second-order valence-corrected chi connectivity index (χ2v) is 2.47. The molecule has 0 aromatic rings. The van der Waals surface area contributed by atoms with E-state index in [2.05, 4.69) is 19.6 Å². The van der Waals surface area contributed by atoms with Crippen LogP contribution in [0.25, 0.3) is 0 Å². The molecule has 0 saturated heterocycles. The van der Waals surface area contributed by atoms with Gasteiger partial charge < -0.3 is 0 Å². The predicted octanol–water partition coefficient (Wildman–Crippen LogP) is 1.88. The molecule has 48 valence electrons. The highest BCUT2D eigenvalue weighted by molar-refractivity contribution is 7.96. The molecular formula is C6H12OS. The Hall–Kier alpha value is 0.0200. The van der Waals surface area contributed by atoms with Crippen molar-refractivity contribution in [3.05, 3.63) is 0 Å². The van der Waals surface area contributed by atoms with Crippen molar-refractivity contribution in [2.75, 3.05) is 0 Å². The Morgan fingerprint density at radius 2 is 2.25 bits per heavy atom. The fourth-order valence-corrected chi connectivity index (χ4v) is 0.686. The lowest BCUT2D eigenvalue weighted by Crippen LogP contribution is -2.01. The van der Waals surface area contributed by atoms with Crippen LogP contribution in [0.2, 0.25) is 0 Å². The van der Waals surface area contributed by atoms with Gasteiger partial charge in [-0.1, -0.05) is 20.3 Å². The highest BCUT2D eigenvalue weighted by Crippen LogP contribution is 2.07. The number of hydrogen-bond acceptors (Lipinski definition) is 1. The van der Waals surface area contributed by atoms with Crippen LogP contribution in [0.1, 0.15) is 26.7 Å². The maximum Gasteiger partial charge on any atom is 0.188 e. The summed E-state index contributed by atoms with van der Waals surface area (Å²) in [5, 5.41) is 0.00634. The Morgan fingerprint density at radius 1 is 1.75 bits per heavy atom. The first kappa shape index (κ1) is 8.02. The van der Waals surface area contributed by atoms with Gasteiger partial charge in [0.15, 0.2) is 5.12 Å². The molecule has 0 bridgehead atoms. The van der Waals surface area contributed by atoms with Gasteiger partial charge >= 0.3 is 0 Å². The zero-order chi connectivity index (χ0) is 6.57. The highest BCUT2D eigenvalue weighted by Gasteiger charge is 2.04. The third-order valence-corrected chi connectivity index (χ3v) is 1.58. The Labute approximate surface area is 55.9 Å². The molecule has 1 atom stereocenters. The normalized spacial score (nSPS) is 13.4. The first-order valence-electron chi connectivity index (χ1n) is 2.91. The average molecular weight is 132 g/mol. The van der Waals surface area contributed by atoms with Crippen molar-refractivity contribution in [2.45, 2.75) is 26.7 Å². The molecule has 0 radical (unpaired) electrons. The third-order valence-electron chi connectivity index (χ3n) is 1.14. The SMILES string of the molecule is CCCC(C)C(=O)S.